The molecular formula is C25H33N3O4. The minimum absolute atomic E-state index is 0.0490. The third-order valence-corrected chi connectivity index (χ3v) is 5.98. The molecule has 2 unspecified atom stereocenters. The van der Waals surface area contributed by atoms with Gasteiger partial charge < -0.3 is 25.0 Å². The van der Waals surface area contributed by atoms with Crippen LogP contribution in [0.4, 0.5) is 10.5 Å². The molecule has 1 aliphatic heterocycles. The number of carbonyl (C=O) groups is 2. The Morgan fingerprint density at radius 3 is 2.41 bits per heavy atom. The van der Waals surface area contributed by atoms with Gasteiger partial charge in [-0.1, -0.05) is 31.2 Å². The molecule has 0 aliphatic carbocycles. The van der Waals surface area contributed by atoms with Crippen molar-refractivity contribution in [3.05, 3.63) is 53.6 Å². The van der Waals surface area contributed by atoms with Gasteiger partial charge >= 0.3 is 6.03 Å². The molecule has 1 aliphatic rings. The van der Waals surface area contributed by atoms with E-state index < -0.39 is 0 Å². The zero-order chi connectivity index (χ0) is 23.1. The van der Waals surface area contributed by atoms with E-state index in [9.17, 15) is 9.59 Å². The molecule has 3 rings (SSSR count). The molecule has 32 heavy (non-hydrogen) atoms. The van der Waals surface area contributed by atoms with Crippen LogP contribution in [0.5, 0.6) is 11.5 Å². The summed E-state index contributed by atoms with van der Waals surface area (Å²) < 4.78 is 10.6. The number of aryl methyl sites for hydroxylation is 1. The molecule has 0 aromatic heterocycles. The summed E-state index contributed by atoms with van der Waals surface area (Å²) >= 11 is 0. The number of nitrogens with zero attached hydrogens (tertiary/aromatic N) is 1. The Hall–Kier alpha value is -3.22. The van der Waals surface area contributed by atoms with E-state index in [-0.39, 0.29) is 23.9 Å². The number of urea groups is 1. The summed E-state index contributed by atoms with van der Waals surface area (Å²) in [5.41, 5.74) is 2.95. The molecular weight excluding hydrogens is 406 g/mol. The van der Waals surface area contributed by atoms with Crippen LogP contribution in [-0.4, -0.2) is 44.1 Å². The monoisotopic (exact) mass is 439 g/mol. The number of likely N-dealkylation sites (tertiary alicyclic amines) is 1. The first-order chi connectivity index (χ1) is 15.5. The lowest BCUT2D eigenvalue weighted by Gasteiger charge is -2.39. The summed E-state index contributed by atoms with van der Waals surface area (Å²) in [6.07, 6.45) is 2.39. The zero-order valence-electron chi connectivity index (χ0n) is 19.3. The van der Waals surface area contributed by atoms with Gasteiger partial charge in [0.25, 0.3) is 0 Å². The molecule has 1 heterocycles. The van der Waals surface area contributed by atoms with Crippen molar-refractivity contribution in [1.29, 1.82) is 0 Å². The second kappa shape index (κ2) is 10.9. The highest BCUT2D eigenvalue weighted by molar-refractivity contribution is 5.94. The maximum atomic E-state index is 13.1. The fourth-order valence-electron chi connectivity index (χ4n) is 4.12. The molecule has 0 radical (unpaired) electrons. The van der Waals surface area contributed by atoms with Gasteiger partial charge in [-0.2, -0.15) is 0 Å². The van der Waals surface area contributed by atoms with Gasteiger partial charge in [0.2, 0.25) is 5.91 Å². The predicted molar refractivity (Wildman–Crippen MR) is 125 cm³/mol. The minimum Gasteiger partial charge on any atom is -0.497 e. The van der Waals surface area contributed by atoms with Crippen molar-refractivity contribution in [2.75, 3.05) is 32.6 Å². The summed E-state index contributed by atoms with van der Waals surface area (Å²) in [5, 5.41) is 5.86. The van der Waals surface area contributed by atoms with Gasteiger partial charge in [-0.15, -0.1) is 0 Å². The van der Waals surface area contributed by atoms with E-state index >= 15 is 0 Å². The van der Waals surface area contributed by atoms with Crippen molar-refractivity contribution in [2.24, 2.45) is 5.92 Å². The number of hydrogen-bond acceptors (Lipinski definition) is 4. The smallest absolute Gasteiger partial charge is 0.317 e. The Morgan fingerprint density at radius 1 is 1.03 bits per heavy atom. The topological polar surface area (TPSA) is 79.9 Å². The largest absolute Gasteiger partial charge is 0.497 e. The lowest BCUT2D eigenvalue weighted by atomic mass is 9.88. The molecule has 172 valence electrons. The Morgan fingerprint density at radius 2 is 1.78 bits per heavy atom. The molecule has 2 aromatic carbocycles. The highest BCUT2D eigenvalue weighted by Crippen LogP contribution is 2.35. The molecule has 1 fully saturated rings. The van der Waals surface area contributed by atoms with Crippen molar-refractivity contribution in [3.8, 4) is 11.5 Å². The standard InChI is InChI=1S/C25H33N3O4/c1-5-17-7-9-18(10-8-17)22-14-11-19(16-28(22)25(30)26-6-2)24(29)27-21-13-12-20(31-3)15-23(21)32-4/h7-10,12-13,15,19,22H,5-6,11,14,16H2,1-4H3,(H,26,30)(H,27,29). The van der Waals surface area contributed by atoms with Crippen LogP contribution in [0.3, 0.4) is 0 Å². The number of ether oxygens (including phenoxy) is 2. The molecule has 0 bridgehead atoms. The fourth-order valence-corrected chi connectivity index (χ4v) is 4.12. The quantitative estimate of drug-likeness (QED) is 0.671. The maximum Gasteiger partial charge on any atom is 0.317 e. The first kappa shape index (κ1) is 23.4. The van der Waals surface area contributed by atoms with E-state index in [2.05, 4.69) is 41.8 Å². The number of benzene rings is 2. The van der Waals surface area contributed by atoms with Crippen LogP contribution in [0.25, 0.3) is 0 Å². The molecule has 7 heteroatoms. The van der Waals surface area contributed by atoms with E-state index in [4.69, 9.17) is 9.47 Å². The van der Waals surface area contributed by atoms with Crippen LogP contribution in [0, 0.1) is 5.92 Å². The number of methoxy groups -OCH3 is 2. The van der Waals surface area contributed by atoms with Gasteiger partial charge in [-0.3, -0.25) is 4.79 Å². The van der Waals surface area contributed by atoms with E-state index in [1.165, 1.54) is 5.56 Å². The van der Waals surface area contributed by atoms with E-state index in [0.29, 0.717) is 36.7 Å². The lowest BCUT2D eigenvalue weighted by molar-refractivity contribution is -0.121. The fraction of sp³-hybridized carbons (Fsp3) is 0.440. The van der Waals surface area contributed by atoms with E-state index in [1.807, 2.05) is 6.92 Å². The Labute approximate surface area is 190 Å². The third-order valence-electron chi connectivity index (χ3n) is 5.98. The van der Waals surface area contributed by atoms with Crippen molar-refractivity contribution < 1.29 is 19.1 Å². The van der Waals surface area contributed by atoms with Crippen molar-refractivity contribution in [3.63, 3.8) is 0 Å². The van der Waals surface area contributed by atoms with Gasteiger partial charge in [0.05, 0.1) is 31.9 Å². The SMILES string of the molecule is CCNC(=O)N1CC(C(=O)Nc2ccc(OC)cc2OC)CCC1c1ccc(CC)cc1. The predicted octanol–water partition coefficient (Wildman–Crippen LogP) is 4.39. The van der Waals surface area contributed by atoms with Crippen molar-refractivity contribution >= 4 is 17.6 Å². The summed E-state index contributed by atoms with van der Waals surface area (Å²) in [7, 11) is 3.13. The van der Waals surface area contributed by atoms with Gasteiger partial charge in [-0.25, -0.2) is 4.79 Å². The van der Waals surface area contributed by atoms with E-state index in [0.717, 1.165) is 18.4 Å². The van der Waals surface area contributed by atoms with Crippen LogP contribution in [0.1, 0.15) is 43.9 Å². The van der Waals surface area contributed by atoms with Crippen LogP contribution in [0.2, 0.25) is 0 Å². The average Bonchev–Trinajstić information content (AvgIpc) is 2.84. The van der Waals surface area contributed by atoms with Gasteiger partial charge in [0, 0.05) is 19.2 Å². The zero-order valence-corrected chi connectivity index (χ0v) is 19.3. The maximum absolute atomic E-state index is 13.1. The second-order valence-electron chi connectivity index (χ2n) is 7.93. The first-order valence-corrected chi connectivity index (χ1v) is 11.2. The minimum atomic E-state index is -0.310. The van der Waals surface area contributed by atoms with Crippen LogP contribution >= 0.6 is 0 Å². The number of hydrogen-bond donors (Lipinski definition) is 2. The number of carbonyl (C=O) groups excluding carboxylic acids is 2. The molecule has 1 saturated heterocycles. The van der Waals surface area contributed by atoms with Gasteiger partial charge in [0.15, 0.2) is 0 Å². The number of nitrogens with one attached hydrogen (secondary N) is 2. The Kier molecular flexibility index (Phi) is 7.98. The molecule has 0 spiro atoms. The third kappa shape index (κ3) is 5.33. The van der Waals surface area contributed by atoms with Gasteiger partial charge in [-0.05, 0) is 49.4 Å². The molecule has 7 nitrogen and oxygen atoms in total. The Bertz CT molecular complexity index is 929. The van der Waals surface area contributed by atoms with Crippen LogP contribution < -0.4 is 20.1 Å². The first-order valence-electron chi connectivity index (χ1n) is 11.2. The average molecular weight is 440 g/mol. The van der Waals surface area contributed by atoms with Crippen LogP contribution in [0.15, 0.2) is 42.5 Å². The second-order valence-corrected chi connectivity index (χ2v) is 7.93. The molecule has 2 atom stereocenters. The normalized spacial score (nSPS) is 18.1. The lowest BCUT2D eigenvalue weighted by Crippen LogP contribution is -2.49. The van der Waals surface area contributed by atoms with E-state index in [1.54, 1.807) is 37.3 Å². The molecule has 2 N–H and O–H groups in total. The van der Waals surface area contributed by atoms with Gasteiger partial charge in [0.1, 0.15) is 11.5 Å². The van der Waals surface area contributed by atoms with Crippen LogP contribution in [-0.2, 0) is 11.2 Å². The number of piperidine rings is 1. The summed E-state index contributed by atoms with van der Waals surface area (Å²) in [6.45, 7) is 4.91. The number of rotatable bonds is 7. The summed E-state index contributed by atoms with van der Waals surface area (Å²) in [4.78, 5) is 27.7. The number of amides is 3. The molecule has 2 aromatic rings. The summed E-state index contributed by atoms with van der Waals surface area (Å²) in [5.74, 6) is 0.748. The summed E-state index contributed by atoms with van der Waals surface area (Å²) in [6, 6.07) is 13.5. The molecule has 3 amide bonds. The molecule has 0 saturated carbocycles. The Balaban J connectivity index is 1.76. The highest BCUT2D eigenvalue weighted by Gasteiger charge is 2.35. The highest BCUT2D eigenvalue weighted by atomic mass is 16.5. The van der Waals surface area contributed by atoms with Crippen molar-refractivity contribution in [1.82, 2.24) is 10.2 Å². The van der Waals surface area contributed by atoms with Crippen molar-refractivity contribution in [2.45, 2.75) is 39.2 Å². The number of anilines is 1.